The van der Waals surface area contributed by atoms with Crippen LogP contribution in [-0.2, 0) is 29.2 Å². The quantitative estimate of drug-likeness (QED) is 0.725. The normalized spacial score (nSPS) is 10.2. The maximum atomic E-state index is 12.8. The summed E-state index contributed by atoms with van der Waals surface area (Å²) in [5, 5.41) is 5.03. The second kappa shape index (κ2) is 8.05. The van der Waals surface area contributed by atoms with Gasteiger partial charge in [-0.1, -0.05) is 36.4 Å². The minimum atomic E-state index is -0.732. The molecule has 23 heavy (non-hydrogen) atoms. The summed E-state index contributed by atoms with van der Waals surface area (Å²) in [6, 6.07) is 13.1. The molecule has 6 heteroatoms. The fraction of sp³-hybridized carbons (Fsp3) is 0.176. The molecule has 0 spiro atoms. The van der Waals surface area contributed by atoms with E-state index in [2.05, 4.69) is 10.6 Å². The highest BCUT2D eigenvalue weighted by molar-refractivity contribution is 6.35. The minimum Gasteiger partial charge on any atom is -0.344 e. The molecule has 0 bridgehead atoms. The molecule has 0 aliphatic heterocycles. The molecule has 2 rings (SSSR count). The first-order valence-electron chi connectivity index (χ1n) is 7.17. The van der Waals surface area contributed by atoms with Gasteiger partial charge in [0.25, 0.3) is 0 Å². The van der Waals surface area contributed by atoms with E-state index in [9.17, 15) is 14.0 Å². The molecule has 0 radical (unpaired) electrons. The molecule has 0 saturated carbocycles. The molecule has 0 aliphatic rings. The van der Waals surface area contributed by atoms with Crippen LogP contribution in [0.4, 0.5) is 4.39 Å². The Morgan fingerprint density at radius 1 is 0.870 bits per heavy atom. The third kappa shape index (κ3) is 5.19. The van der Waals surface area contributed by atoms with E-state index in [0.29, 0.717) is 12.1 Å². The molecule has 0 saturated heterocycles. The van der Waals surface area contributed by atoms with Crippen LogP contribution in [0, 0.1) is 5.82 Å². The standard InChI is InChI=1S/C17H18FN3O2/c18-15-6-4-12(5-7-15)10-20-16(22)17(23)21-11-14-3-1-2-13(8-14)9-19/h1-8H,9-11,19H2,(H,20,22)(H,21,23). The maximum absolute atomic E-state index is 12.8. The van der Waals surface area contributed by atoms with Crippen LogP contribution in [0.3, 0.4) is 0 Å². The van der Waals surface area contributed by atoms with Crippen molar-refractivity contribution in [3.8, 4) is 0 Å². The number of carbonyl (C=O) groups excluding carboxylic acids is 2. The summed E-state index contributed by atoms with van der Waals surface area (Å²) in [7, 11) is 0. The van der Waals surface area contributed by atoms with Gasteiger partial charge in [-0.2, -0.15) is 0 Å². The molecule has 0 heterocycles. The Hall–Kier alpha value is -2.73. The molecule has 0 unspecified atom stereocenters. The van der Waals surface area contributed by atoms with E-state index in [-0.39, 0.29) is 18.9 Å². The van der Waals surface area contributed by atoms with Crippen molar-refractivity contribution in [2.24, 2.45) is 5.73 Å². The zero-order chi connectivity index (χ0) is 16.7. The summed E-state index contributed by atoms with van der Waals surface area (Å²) in [4.78, 5) is 23.4. The zero-order valence-electron chi connectivity index (χ0n) is 12.5. The van der Waals surface area contributed by atoms with Gasteiger partial charge in [0.05, 0.1) is 0 Å². The fourth-order valence-electron chi connectivity index (χ4n) is 1.99. The third-order valence-corrected chi connectivity index (χ3v) is 3.25. The van der Waals surface area contributed by atoms with Crippen LogP contribution in [0.5, 0.6) is 0 Å². The number of halogens is 1. The van der Waals surface area contributed by atoms with Crippen LogP contribution in [0.15, 0.2) is 48.5 Å². The Kier molecular flexibility index (Phi) is 5.82. The third-order valence-electron chi connectivity index (χ3n) is 3.25. The monoisotopic (exact) mass is 315 g/mol. The van der Waals surface area contributed by atoms with Gasteiger partial charge in [-0.3, -0.25) is 9.59 Å². The molecular formula is C17H18FN3O2. The van der Waals surface area contributed by atoms with Crippen LogP contribution in [-0.4, -0.2) is 11.8 Å². The first kappa shape index (κ1) is 16.6. The van der Waals surface area contributed by atoms with E-state index in [1.165, 1.54) is 12.1 Å². The van der Waals surface area contributed by atoms with Crippen molar-refractivity contribution >= 4 is 11.8 Å². The lowest BCUT2D eigenvalue weighted by molar-refractivity contribution is -0.139. The maximum Gasteiger partial charge on any atom is 0.309 e. The topological polar surface area (TPSA) is 84.2 Å². The largest absolute Gasteiger partial charge is 0.344 e. The molecule has 0 aromatic heterocycles. The first-order chi connectivity index (χ1) is 11.1. The highest BCUT2D eigenvalue weighted by atomic mass is 19.1. The molecule has 0 fully saturated rings. The predicted octanol–water partition coefficient (Wildman–Crippen LogP) is 1.22. The number of carbonyl (C=O) groups is 2. The second-order valence-corrected chi connectivity index (χ2v) is 5.02. The van der Waals surface area contributed by atoms with Crippen LogP contribution >= 0.6 is 0 Å². The number of nitrogens with two attached hydrogens (primary N) is 1. The van der Waals surface area contributed by atoms with Crippen molar-refractivity contribution < 1.29 is 14.0 Å². The molecular weight excluding hydrogens is 297 g/mol. The highest BCUT2D eigenvalue weighted by Crippen LogP contribution is 2.04. The highest BCUT2D eigenvalue weighted by Gasteiger charge is 2.12. The van der Waals surface area contributed by atoms with Crippen LogP contribution < -0.4 is 16.4 Å². The molecule has 0 aliphatic carbocycles. The van der Waals surface area contributed by atoms with E-state index in [1.807, 2.05) is 24.3 Å². The Bertz CT molecular complexity index is 686. The number of nitrogens with one attached hydrogen (secondary N) is 2. The molecule has 2 aromatic rings. The molecule has 5 nitrogen and oxygen atoms in total. The van der Waals surface area contributed by atoms with Gasteiger partial charge in [-0.25, -0.2) is 4.39 Å². The van der Waals surface area contributed by atoms with Gasteiger partial charge in [0.1, 0.15) is 5.82 Å². The van der Waals surface area contributed by atoms with E-state index in [1.54, 1.807) is 12.1 Å². The molecule has 120 valence electrons. The van der Waals surface area contributed by atoms with Gasteiger partial charge < -0.3 is 16.4 Å². The predicted molar refractivity (Wildman–Crippen MR) is 84.4 cm³/mol. The zero-order valence-corrected chi connectivity index (χ0v) is 12.5. The number of hydrogen-bond acceptors (Lipinski definition) is 3. The summed E-state index contributed by atoms with van der Waals surface area (Å²) < 4.78 is 12.8. The summed E-state index contributed by atoms with van der Waals surface area (Å²) in [5.41, 5.74) is 8.09. The van der Waals surface area contributed by atoms with Gasteiger partial charge >= 0.3 is 11.8 Å². The Balaban J connectivity index is 1.80. The summed E-state index contributed by atoms with van der Waals surface area (Å²) in [6.07, 6.45) is 0. The summed E-state index contributed by atoms with van der Waals surface area (Å²) in [6.45, 7) is 0.825. The van der Waals surface area contributed by atoms with Gasteiger partial charge in [0.2, 0.25) is 0 Å². The van der Waals surface area contributed by atoms with E-state index in [0.717, 1.165) is 11.1 Å². The van der Waals surface area contributed by atoms with Crippen molar-refractivity contribution in [2.45, 2.75) is 19.6 Å². The van der Waals surface area contributed by atoms with Crippen LogP contribution in [0.2, 0.25) is 0 Å². The van der Waals surface area contributed by atoms with Crippen molar-refractivity contribution in [2.75, 3.05) is 0 Å². The fourth-order valence-corrected chi connectivity index (χ4v) is 1.99. The lowest BCUT2D eigenvalue weighted by Gasteiger charge is -2.07. The lowest BCUT2D eigenvalue weighted by Crippen LogP contribution is -2.39. The first-order valence-corrected chi connectivity index (χ1v) is 7.17. The van der Waals surface area contributed by atoms with Gasteiger partial charge in [0.15, 0.2) is 0 Å². The van der Waals surface area contributed by atoms with Crippen LogP contribution in [0.25, 0.3) is 0 Å². The summed E-state index contributed by atoms with van der Waals surface area (Å²) >= 11 is 0. The average Bonchev–Trinajstić information content (AvgIpc) is 2.59. The summed E-state index contributed by atoms with van der Waals surface area (Å²) in [5.74, 6) is -1.80. The van der Waals surface area contributed by atoms with Gasteiger partial charge in [-0.05, 0) is 28.8 Å². The van der Waals surface area contributed by atoms with Gasteiger partial charge in [0, 0.05) is 19.6 Å². The minimum absolute atomic E-state index is 0.162. The van der Waals surface area contributed by atoms with E-state index < -0.39 is 11.8 Å². The number of rotatable bonds is 5. The SMILES string of the molecule is NCc1cccc(CNC(=O)C(=O)NCc2ccc(F)cc2)c1. The molecule has 0 atom stereocenters. The number of hydrogen-bond donors (Lipinski definition) is 3. The Morgan fingerprint density at radius 2 is 1.43 bits per heavy atom. The Morgan fingerprint density at radius 3 is 2.04 bits per heavy atom. The smallest absolute Gasteiger partial charge is 0.309 e. The van der Waals surface area contributed by atoms with Crippen molar-refractivity contribution in [3.63, 3.8) is 0 Å². The number of benzene rings is 2. The molecule has 2 amide bonds. The molecule has 4 N–H and O–H groups in total. The van der Waals surface area contributed by atoms with Crippen molar-refractivity contribution in [1.29, 1.82) is 0 Å². The second-order valence-electron chi connectivity index (χ2n) is 5.02. The van der Waals surface area contributed by atoms with Crippen molar-refractivity contribution in [1.82, 2.24) is 10.6 Å². The van der Waals surface area contributed by atoms with Gasteiger partial charge in [-0.15, -0.1) is 0 Å². The average molecular weight is 315 g/mol. The Labute approximate surface area is 133 Å². The lowest BCUT2D eigenvalue weighted by atomic mass is 10.1. The van der Waals surface area contributed by atoms with E-state index in [4.69, 9.17) is 5.73 Å². The van der Waals surface area contributed by atoms with E-state index >= 15 is 0 Å². The number of amides is 2. The van der Waals surface area contributed by atoms with Crippen molar-refractivity contribution in [3.05, 3.63) is 71.0 Å². The van der Waals surface area contributed by atoms with Crippen LogP contribution in [0.1, 0.15) is 16.7 Å². The molecule has 2 aromatic carbocycles.